The fourth-order valence-corrected chi connectivity index (χ4v) is 8.59. The zero-order valence-corrected chi connectivity index (χ0v) is 37.0. The Bertz CT molecular complexity index is 3510. The Kier molecular flexibility index (Phi) is 11.9. The van der Waals surface area contributed by atoms with Crippen molar-refractivity contribution in [1.82, 2.24) is 29.1 Å². The Hall–Kier alpha value is -7.80. The second-order valence-corrected chi connectivity index (χ2v) is 16.2. The molecule has 10 aromatic rings. The van der Waals surface area contributed by atoms with E-state index in [-0.39, 0.29) is 29.2 Å². The molecule has 0 unspecified atom stereocenters. The van der Waals surface area contributed by atoms with Gasteiger partial charge in [0.25, 0.3) is 11.1 Å². The van der Waals surface area contributed by atoms with E-state index in [1.807, 2.05) is 159 Å². The van der Waals surface area contributed by atoms with E-state index in [0.29, 0.717) is 38.4 Å². The van der Waals surface area contributed by atoms with E-state index in [0.717, 1.165) is 55.3 Å². The number of pyridine rings is 2. The zero-order valence-electron chi connectivity index (χ0n) is 35.5. The van der Waals surface area contributed by atoms with Crippen molar-refractivity contribution in [3.63, 3.8) is 0 Å². The highest BCUT2D eigenvalue weighted by Crippen LogP contribution is 2.31. The Labute approximate surface area is 383 Å². The fraction of sp³-hybridized carbons (Fsp3) is 0.0980. The first-order chi connectivity index (χ1) is 31.6. The van der Waals surface area contributed by atoms with Gasteiger partial charge in [0, 0.05) is 40.6 Å². The molecule has 6 aromatic carbocycles. The van der Waals surface area contributed by atoms with Crippen molar-refractivity contribution in [2.45, 2.75) is 25.9 Å². The molecule has 12 nitrogen and oxygen atoms in total. The normalized spacial score (nSPS) is 12.1. The van der Waals surface area contributed by atoms with Gasteiger partial charge in [-0.1, -0.05) is 108 Å². The number of anilines is 4. The van der Waals surface area contributed by atoms with Crippen LogP contribution in [0.25, 0.3) is 54.7 Å². The van der Waals surface area contributed by atoms with Crippen LogP contribution in [0.2, 0.25) is 10.0 Å². The van der Waals surface area contributed by atoms with Gasteiger partial charge in [0.1, 0.15) is 11.6 Å². The lowest BCUT2D eigenvalue weighted by Gasteiger charge is -2.22. The SMILES string of the molecule is CNc1nc(N[C@@H](C)c2cc3cccc(Cl)c3c(=O)n2-c2ccccc2)c2ccccc2n1.C[C@H](Nc1nc(N)nc2ccccc12)c1cc2cccc(Cl)c2c(=O)n1-c1ccccc1. The minimum Gasteiger partial charge on any atom is -0.368 e. The molecule has 0 radical (unpaired) electrons. The molecule has 0 spiro atoms. The van der Waals surface area contributed by atoms with Gasteiger partial charge in [-0.05, 0) is 97.4 Å². The van der Waals surface area contributed by atoms with Crippen molar-refractivity contribution in [1.29, 1.82) is 0 Å². The Morgan fingerprint density at radius 3 is 1.43 bits per heavy atom. The van der Waals surface area contributed by atoms with E-state index in [1.165, 1.54) is 0 Å². The lowest BCUT2D eigenvalue weighted by atomic mass is 10.1. The van der Waals surface area contributed by atoms with Crippen LogP contribution < -0.4 is 32.8 Å². The van der Waals surface area contributed by atoms with Crippen molar-refractivity contribution >= 4 is 90.1 Å². The van der Waals surface area contributed by atoms with Crippen molar-refractivity contribution in [2.24, 2.45) is 0 Å². The molecule has 0 saturated carbocycles. The smallest absolute Gasteiger partial charge is 0.264 e. The molecule has 0 amide bonds. The van der Waals surface area contributed by atoms with Crippen LogP contribution in [0.15, 0.2) is 167 Å². The summed E-state index contributed by atoms with van der Waals surface area (Å²) in [6.45, 7) is 4.00. The molecule has 2 atom stereocenters. The maximum atomic E-state index is 13.7. The van der Waals surface area contributed by atoms with E-state index in [2.05, 4.69) is 35.9 Å². The summed E-state index contributed by atoms with van der Waals surface area (Å²) in [6, 6.07) is 49.1. The molecule has 14 heteroatoms. The van der Waals surface area contributed by atoms with Crippen LogP contribution in [0, 0.1) is 0 Å². The van der Waals surface area contributed by atoms with E-state index in [1.54, 1.807) is 28.3 Å². The van der Waals surface area contributed by atoms with Gasteiger partial charge in [-0.2, -0.15) is 9.97 Å². The Morgan fingerprint density at radius 1 is 0.523 bits per heavy atom. The van der Waals surface area contributed by atoms with E-state index < -0.39 is 0 Å². The summed E-state index contributed by atoms with van der Waals surface area (Å²) in [5.74, 6) is 2.01. The highest BCUT2D eigenvalue weighted by atomic mass is 35.5. The number of nitrogen functional groups attached to an aromatic ring is 1. The Balaban J connectivity index is 0.000000164. The van der Waals surface area contributed by atoms with Gasteiger partial charge in [0.05, 0.1) is 43.9 Å². The number of hydrogen-bond donors (Lipinski definition) is 4. The van der Waals surface area contributed by atoms with Gasteiger partial charge >= 0.3 is 0 Å². The highest BCUT2D eigenvalue weighted by molar-refractivity contribution is 6.35. The molecule has 5 N–H and O–H groups in total. The molecule has 0 bridgehead atoms. The molecule has 0 aliphatic heterocycles. The van der Waals surface area contributed by atoms with Crippen molar-refractivity contribution in [2.75, 3.05) is 28.7 Å². The lowest BCUT2D eigenvalue weighted by Crippen LogP contribution is -2.26. The third kappa shape index (κ3) is 8.40. The monoisotopic (exact) mass is 896 g/mol. The van der Waals surface area contributed by atoms with Crippen LogP contribution in [0.4, 0.5) is 23.5 Å². The Morgan fingerprint density at radius 2 is 0.954 bits per heavy atom. The minimum atomic E-state index is -0.274. The third-order valence-electron chi connectivity index (χ3n) is 11.1. The van der Waals surface area contributed by atoms with E-state index >= 15 is 0 Å². The molecule has 322 valence electrons. The topological polar surface area (TPSA) is 158 Å². The summed E-state index contributed by atoms with van der Waals surface area (Å²) in [5, 5.41) is 15.2. The quantitative estimate of drug-likeness (QED) is 0.110. The van der Waals surface area contributed by atoms with Crippen molar-refractivity contribution in [3.05, 3.63) is 200 Å². The number of benzene rings is 6. The summed E-state index contributed by atoms with van der Waals surface area (Å²) in [6.07, 6.45) is 0. The van der Waals surface area contributed by atoms with Crippen molar-refractivity contribution < 1.29 is 0 Å². The summed E-state index contributed by atoms with van der Waals surface area (Å²) in [5.41, 5.74) is 10.3. The summed E-state index contributed by atoms with van der Waals surface area (Å²) in [7, 11) is 1.79. The van der Waals surface area contributed by atoms with E-state index in [9.17, 15) is 9.59 Å². The van der Waals surface area contributed by atoms with Gasteiger partial charge in [-0.15, -0.1) is 0 Å². The second-order valence-electron chi connectivity index (χ2n) is 15.3. The molecule has 0 fully saturated rings. The first-order valence-electron chi connectivity index (χ1n) is 20.9. The van der Waals surface area contributed by atoms with E-state index in [4.69, 9.17) is 28.9 Å². The largest absolute Gasteiger partial charge is 0.368 e. The number of para-hydroxylation sites is 4. The van der Waals surface area contributed by atoms with Crippen LogP contribution in [0.1, 0.15) is 37.3 Å². The molecule has 65 heavy (non-hydrogen) atoms. The predicted octanol–water partition coefficient (Wildman–Crippen LogP) is 11.1. The zero-order chi connectivity index (χ0) is 45.2. The molecule has 10 rings (SSSR count). The summed E-state index contributed by atoms with van der Waals surface area (Å²) in [4.78, 5) is 45.1. The summed E-state index contributed by atoms with van der Waals surface area (Å²) < 4.78 is 3.41. The lowest BCUT2D eigenvalue weighted by molar-refractivity contribution is 0.774. The van der Waals surface area contributed by atoms with Crippen LogP contribution >= 0.6 is 23.2 Å². The minimum absolute atomic E-state index is 0.156. The maximum Gasteiger partial charge on any atom is 0.264 e. The number of fused-ring (bicyclic) bond motifs is 4. The van der Waals surface area contributed by atoms with Crippen LogP contribution in [0.3, 0.4) is 0 Å². The second kappa shape index (κ2) is 18.1. The fourth-order valence-electron chi connectivity index (χ4n) is 8.06. The molecule has 0 aliphatic rings. The molecule has 4 aromatic heterocycles. The molecular weight excluding hydrogens is 856 g/mol. The number of nitrogens with zero attached hydrogens (tertiary/aromatic N) is 6. The maximum absolute atomic E-state index is 13.7. The standard InChI is InChI=1S/C26H22ClN5O.C25H20ClN5O/c1-16(29-24-19-12-6-7-14-21(19)30-26(28-2)31-24)22-15-17-9-8-13-20(27)23(17)25(33)32(22)18-10-4-3-5-11-18;1-15(28-23-18-11-5-6-13-20(18)29-25(27)30-23)21-14-16-8-7-12-19(26)22(16)24(32)31(21)17-9-3-2-4-10-17/h3-16H,1-2H3,(H2,28,29,30,31);2-15H,1H3,(H3,27,28,29,30)/t16-;15-/m00/s1. The van der Waals surface area contributed by atoms with Gasteiger partial charge in [-0.3, -0.25) is 18.7 Å². The molecule has 0 aliphatic carbocycles. The molecule has 4 heterocycles. The number of nitrogens with two attached hydrogens (primary N) is 1. The van der Waals surface area contributed by atoms with Gasteiger partial charge < -0.3 is 21.7 Å². The molecular formula is C51H42Cl2N10O2. The average molecular weight is 898 g/mol. The number of aromatic nitrogens is 6. The van der Waals surface area contributed by atoms with Gasteiger partial charge in [0.2, 0.25) is 11.9 Å². The van der Waals surface area contributed by atoms with Gasteiger partial charge in [0.15, 0.2) is 0 Å². The highest BCUT2D eigenvalue weighted by Gasteiger charge is 2.21. The predicted molar refractivity (Wildman–Crippen MR) is 266 cm³/mol. The number of rotatable bonds is 9. The summed E-state index contributed by atoms with van der Waals surface area (Å²) >= 11 is 12.8. The number of halogens is 2. The van der Waals surface area contributed by atoms with Gasteiger partial charge in [-0.25, -0.2) is 9.97 Å². The number of nitrogens with one attached hydrogen (secondary N) is 3. The first kappa shape index (κ1) is 42.5. The average Bonchev–Trinajstić information content (AvgIpc) is 3.32. The van der Waals surface area contributed by atoms with Crippen molar-refractivity contribution in [3.8, 4) is 11.4 Å². The first-order valence-corrected chi connectivity index (χ1v) is 21.6. The molecule has 0 saturated heterocycles. The van der Waals surface area contributed by atoms with Crippen LogP contribution in [-0.2, 0) is 0 Å². The van der Waals surface area contributed by atoms with Crippen LogP contribution in [-0.4, -0.2) is 36.1 Å². The van der Waals surface area contributed by atoms with Crippen LogP contribution in [0.5, 0.6) is 0 Å². The third-order valence-corrected chi connectivity index (χ3v) is 11.7. The number of hydrogen-bond acceptors (Lipinski definition) is 10.